The smallest absolute Gasteiger partial charge is 0.311 e. The molecule has 0 aromatic heterocycles. The first kappa shape index (κ1) is 20.4. The summed E-state index contributed by atoms with van der Waals surface area (Å²) in [6.45, 7) is 7.64. The minimum atomic E-state index is -3.91. The Morgan fingerprint density at radius 2 is 1.85 bits per heavy atom. The predicted octanol–water partition coefficient (Wildman–Crippen LogP) is 3.22. The van der Waals surface area contributed by atoms with Crippen molar-refractivity contribution in [1.82, 2.24) is 4.83 Å². The maximum atomic E-state index is 12.6. The van der Waals surface area contributed by atoms with Crippen LogP contribution in [0.3, 0.4) is 0 Å². The average molecular weight is 391 g/mol. The van der Waals surface area contributed by atoms with Gasteiger partial charge in [0.05, 0.1) is 16.0 Å². The minimum Gasteiger partial charge on any atom is -0.502 e. The SMILES string of the molecule is Cc1ccc(C(C)(C)C)cc1S(=O)(=O)N/N=C/c1ccc(O)c([N+](=O)[O-])c1. The Bertz CT molecular complexity index is 1010. The molecule has 144 valence electrons. The fourth-order valence-corrected chi connectivity index (χ4v) is 3.41. The van der Waals surface area contributed by atoms with Crippen LogP contribution in [-0.4, -0.2) is 24.7 Å². The number of nitro benzene ring substituents is 1. The average Bonchev–Trinajstić information content (AvgIpc) is 2.55. The van der Waals surface area contributed by atoms with Crippen molar-refractivity contribution in [3.63, 3.8) is 0 Å². The molecule has 0 unspecified atom stereocenters. The van der Waals surface area contributed by atoms with Crippen molar-refractivity contribution in [1.29, 1.82) is 0 Å². The van der Waals surface area contributed by atoms with Gasteiger partial charge >= 0.3 is 5.69 Å². The van der Waals surface area contributed by atoms with Gasteiger partial charge in [0.25, 0.3) is 10.0 Å². The maximum absolute atomic E-state index is 12.6. The van der Waals surface area contributed by atoms with E-state index in [1.54, 1.807) is 19.1 Å². The number of hydrogen-bond donors (Lipinski definition) is 2. The summed E-state index contributed by atoms with van der Waals surface area (Å²) < 4.78 is 25.2. The molecule has 0 aliphatic heterocycles. The van der Waals surface area contributed by atoms with E-state index in [2.05, 4.69) is 9.93 Å². The van der Waals surface area contributed by atoms with Crippen LogP contribution >= 0.6 is 0 Å². The number of aromatic hydroxyl groups is 1. The second kappa shape index (κ2) is 7.36. The van der Waals surface area contributed by atoms with Gasteiger partial charge in [0, 0.05) is 11.6 Å². The van der Waals surface area contributed by atoms with Gasteiger partial charge in [-0.3, -0.25) is 10.1 Å². The van der Waals surface area contributed by atoms with E-state index in [4.69, 9.17) is 0 Å². The Kier molecular flexibility index (Phi) is 5.55. The number of phenolic OH excluding ortho intramolecular Hbond substituents is 1. The number of sulfonamides is 1. The van der Waals surface area contributed by atoms with E-state index in [0.717, 1.165) is 23.9 Å². The highest BCUT2D eigenvalue weighted by molar-refractivity contribution is 7.89. The summed E-state index contributed by atoms with van der Waals surface area (Å²) in [5, 5.41) is 24.0. The molecule has 0 spiro atoms. The molecule has 8 nitrogen and oxygen atoms in total. The highest BCUT2D eigenvalue weighted by atomic mass is 32.2. The molecular formula is C18H21N3O5S. The molecule has 0 atom stereocenters. The highest BCUT2D eigenvalue weighted by Crippen LogP contribution is 2.27. The third kappa shape index (κ3) is 4.82. The summed E-state index contributed by atoms with van der Waals surface area (Å²) in [4.78, 5) is 12.3. The van der Waals surface area contributed by atoms with Crippen molar-refractivity contribution in [3.05, 3.63) is 63.2 Å². The molecule has 2 aromatic carbocycles. The third-order valence-corrected chi connectivity index (χ3v) is 5.29. The summed E-state index contributed by atoms with van der Waals surface area (Å²) in [5.74, 6) is -0.479. The lowest BCUT2D eigenvalue weighted by molar-refractivity contribution is -0.385. The standard InChI is InChI=1S/C18H21N3O5S/c1-12-5-7-14(18(2,3)4)10-17(12)27(25,26)20-19-11-13-6-8-16(22)15(9-13)21(23)24/h5-11,20,22H,1-4H3/b19-11+. The summed E-state index contributed by atoms with van der Waals surface area (Å²) in [6, 6.07) is 8.85. The zero-order valence-electron chi connectivity index (χ0n) is 15.4. The van der Waals surface area contributed by atoms with E-state index in [9.17, 15) is 23.6 Å². The fourth-order valence-electron chi connectivity index (χ4n) is 2.34. The highest BCUT2D eigenvalue weighted by Gasteiger charge is 2.21. The first-order valence-corrected chi connectivity index (χ1v) is 9.53. The first-order valence-electron chi connectivity index (χ1n) is 8.05. The van der Waals surface area contributed by atoms with Crippen molar-refractivity contribution in [2.24, 2.45) is 5.10 Å². The van der Waals surface area contributed by atoms with Gasteiger partial charge in [-0.2, -0.15) is 13.5 Å². The second-order valence-corrected chi connectivity index (χ2v) is 8.72. The van der Waals surface area contributed by atoms with Crippen molar-refractivity contribution >= 4 is 21.9 Å². The van der Waals surface area contributed by atoms with Crippen LogP contribution < -0.4 is 4.83 Å². The number of rotatable bonds is 5. The largest absolute Gasteiger partial charge is 0.502 e. The minimum absolute atomic E-state index is 0.115. The van der Waals surface area contributed by atoms with Crippen molar-refractivity contribution in [2.75, 3.05) is 0 Å². The molecule has 0 amide bonds. The van der Waals surface area contributed by atoms with Gasteiger partial charge in [0.15, 0.2) is 5.75 Å². The normalized spacial score (nSPS) is 12.3. The lowest BCUT2D eigenvalue weighted by Crippen LogP contribution is -2.21. The first-order chi connectivity index (χ1) is 12.4. The second-order valence-electron chi connectivity index (χ2n) is 7.09. The summed E-state index contributed by atoms with van der Waals surface area (Å²) in [6.07, 6.45) is 1.13. The monoisotopic (exact) mass is 391 g/mol. The van der Waals surface area contributed by atoms with E-state index < -0.39 is 26.4 Å². The Morgan fingerprint density at radius 3 is 2.44 bits per heavy atom. The number of hydrazone groups is 1. The van der Waals surface area contributed by atoms with Gasteiger partial charge in [-0.25, -0.2) is 4.83 Å². The Balaban J connectivity index is 2.29. The number of nitrogens with zero attached hydrogens (tertiary/aromatic N) is 2. The number of aryl methyl sites for hydroxylation is 1. The number of benzene rings is 2. The summed E-state index contributed by atoms with van der Waals surface area (Å²) >= 11 is 0. The molecule has 0 radical (unpaired) electrons. The zero-order chi connectivity index (χ0) is 20.4. The van der Waals surface area contributed by atoms with Crippen LogP contribution in [0.15, 0.2) is 46.4 Å². The molecule has 0 fully saturated rings. The molecule has 0 saturated heterocycles. The van der Waals surface area contributed by atoms with Gasteiger partial charge in [0.1, 0.15) is 0 Å². The number of nitrogens with one attached hydrogen (secondary N) is 1. The molecular weight excluding hydrogens is 370 g/mol. The van der Waals surface area contributed by atoms with Gasteiger partial charge in [-0.1, -0.05) is 32.9 Å². The molecule has 2 rings (SSSR count). The molecule has 9 heteroatoms. The lowest BCUT2D eigenvalue weighted by Gasteiger charge is -2.20. The maximum Gasteiger partial charge on any atom is 0.311 e. The van der Waals surface area contributed by atoms with E-state index in [1.165, 1.54) is 6.07 Å². The molecule has 2 aromatic rings. The summed E-state index contributed by atoms with van der Waals surface area (Å²) in [7, 11) is -3.91. The van der Waals surface area contributed by atoms with Crippen molar-refractivity contribution in [2.45, 2.75) is 38.0 Å². The molecule has 2 N–H and O–H groups in total. The van der Waals surface area contributed by atoms with Crippen LogP contribution in [0.25, 0.3) is 0 Å². The topological polar surface area (TPSA) is 122 Å². The Morgan fingerprint density at radius 1 is 1.19 bits per heavy atom. The molecule has 0 aliphatic rings. The molecule has 0 saturated carbocycles. The van der Waals surface area contributed by atoms with Crippen LogP contribution in [0, 0.1) is 17.0 Å². The Labute approximate surface area is 157 Å². The van der Waals surface area contributed by atoms with Gasteiger partial charge in [-0.15, -0.1) is 0 Å². The number of hydrogen-bond acceptors (Lipinski definition) is 6. The van der Waals surface area contributed by atoms with Crippen LogP contribution in [0.5, 0.6) is 5.75 Å². The molecule has 0 aliphatic carbocycles. The Hall–Kier alpha value is -2.94. The van der Waals surface area contributed by atoms with Crippen LogP contribution in [0.2, 0.25) is 0 Å². The van der Waals surface area contributed by atoms with Gasteiger partial charge < -0.3 is 5.11 Å². The number of phenols is 1. The fraction of sp³-hybridized carbons (Fsp3) is 0.278. The zero-order valence-corrected chi connectivity index (χ0v) is 16.2. The van der Waals surface area contributed by atoms with E-state index in [1.807, 2.05) is 26.8 Å². The van der Waals surface area contributed by atoms with Gasteiger partial charge in [0.2, 0.25) is 0 Å². The molecule has 0 bridgehead atoms. The van der Waals surface area contributed by atoms with Crippen molar-refractivity contribution < 1.29 is 18.4 Å². The predicted molar refractivity (Wildman–Crippen MR) is 103 cm³/mol. The summed E-state index contributed by atoms with van der Waals surface area (Å²) in [5.41, 5.74) is 1.00. The van der Waals surface area contributed by atoms with E-state index in [-0.39, 0.29) is 15.9 Å². The van der Waals surface area contributed by atoms with Crippen LogP contribution in [0.1, 0.15) is 37.5 Å². The molecule has 27 heavy (non-hydrogen) atoms. The third-order valence-electron chi connectivity index (χ3n) is 3.93. The van der Waals surface area contributed by atoms with E-state index in [0.29, 0.717) is 5.56 Å². The van der Waals surface area contributed by atoms with Crippen LogP contribution in [-0.2, 0) is 15.4 Å². The van der Waals surface area contributed by atoms with E-state index >= 15 is 0 Å². The lowest BCUT2D eigenvalue weighted by atomic mass is 9.87. The van der Waals surface area contributed by atoms with Crippen LogP contribution in [0.4, 0.5) is 5.69 Å². The molecule has 0 heterocycles. The van der Waals surface area contributed by atoms with Gasteiger partial charge in [-0.05, 0) is 41.7 Å². The number of nitro groups is 1. The van der Waals surface area contributed by atoms with Crippen molar-refractivity contribution in [3.8, 4) is 5.75 Å². The quantitative estimate of drug-likeness (QED) is 0.460.